The van der Waals surface area contributed by atoms with Crippen molar-refractivity contribution in [3.05, 3.63) is 57.3 Å². The molecule has 30 heavy (non-hydrogen) atoms. The van der Waals surface area contributed by atoms with Crippen molar-refractivity contribution in [1.82, 2.24) is 20.9 Å². The second kappa shape index (κ2) is 11.9. The Morgan fingerprint density at radius 1 is 1.13 bits per heavy atom. The Hall–Kier alpha value is -2.14. The molecule has 3 rings (SSSR count). The second-order valence-corrected chi connectivity index (χ2v) is 8.03. The number of hydrogen-bond acceptors (Lipinski definition) is 4. The number of hydrogen-bond donors (Lipinski definition) is 3. The predicted octanol–water partition coefficient (Wildman–Crippen LogP) is 2.37. The molecule has 0 aliphatic carbocycles. The van der Waals surface area contributed by atoms with Gasteiger partial charge in [0, 0.05) is 42.0 Å². The van der Waals surface area contributed by atoms with Crippen molar-refractivity contribution >= 4 is 53.1 Å². The molecule has 0 saturated carbocycles. The molecule has 2 heterocycles. The molecular weight excluding hydrogens is 513 g/mol. The quantitative estimate of drug-likeness (QED) is 0.298. The zero-order valence-electron chi connectivity index (χ0n) is 17.2. The fourth-order valence-corrected chi connectivity index (χ4v) is 3.94. The maximum atomic E-state index is 12.5. The summed E-state index contributed by atoms with van der Waals surface area (Å²) in [5.41, 5.74) is 1.64. The third-order valence-electron chi connectivity index (χ3n) is 4.71. The minimum absolute atomic E-state index is 0. The second-order valence-electron chi connectivity index (χ2n) is 6.77. The molecule has 0 bridgehead atoms. The van der Waals surface area contributed by atoms with Gasteiger partial charge in [0.15, 0.2) is 5.96 Å². The first-order chi connectivity index (χ1) is 14.1. The molecule has 1 fully saturated rings. The Kier molecular flexibility index (Phi) is 9.57. The number of aliphatic imine (C=N–C) groups is 1. The van der Waals surface area contributed by atoms with Crippen LogP contribution in [0.3, 0.4) is 0 Å². The van der Waals surface area contributed by atoms with Crippen LogP contribution in [-0.2, 0) is 24.3 Å². The predicted molar refractivity (Wildman–Crippen MR) is 132 cm³/mol. The largest absolute Gasteiger partial charge is 0.353 e. The van der Waals surface area contributed by atoms with Crippen LogP contribution in [0.5, 0.6) is 0 Å². The highest BCUT2D eigenvalue weighted by Crippen LogP contribution is 2.16. The summed E-state index contributed by atoms with van der Waals surface area (Å²) >= 11 is 1.81. The third-order valence-corrected chi connectivity index (χ3v) is 5.94. The summed E-state index contributed by atoms with van der Waals surface area (Å²) in [4.78, 5) is 32.5. The van der Waals surface area contributed by atoms with Crippen LogP contribution in [0.4, 0.5) is 0 Å². The summed E-state index contributed by atoms with van der Waals surface area (Å²) < 4.78 is 0. The van der Waals surface area contributed by atoms with Gasteiger partial charge in [-0.3, -0.25) is 14.6 Å². The minimum Gasteiger partial charge on any atom is -0.353 e. The van der Waals surface area contributed by atoms with Crippen molar-refractivity contribution in [1.29, 1.82) is 0 Å². The van der Waals surface area contributed by atoms with Gasteiger partial charge in [0.1, 0.15) is 0 Å². The highest BCUT2D eigenvalue weighted by atomic mass is 127. The fraction of sp³-hybridized carbons (Fsp3) is 0.381. The van der Waals surface area contributed by atoms with Gasteiger partial charge in [0.25, 0.3) is 5.91 Å². The summed E-state index contributed by atoms with van der Waals surface area (Å²) in [6.45, 7) is 4.66. The van der Waals surface area contributed by atoms with E-state index in [2.05, 4.69) is 40.0 Å². The van der Waals surface area contributed by atoms with Gasteiger partial charge in [-0.05, 0) is 36.2 Å². The van der Waals surface area contributed by atoms with E-state index < -0.39 is 0 Å². The standard InChI is InChI=1S/C21H27N5O2S.HI/c1-3-17-8-9-18(29-17)13-25-21(22-2)24-12-15-4-6-16(7-5-15)20(28)26-11-10-23-19(27)14-26;/h4-9H,3,10-14H2,1-2H3,(H,23,27)(H2,22,24,25);1H. The SMILES string of the molecule is CCc1ccc(CNC(=NC)NCc2ccc(C(=O)N3CCNC(=O)C3)cc2)s1.I. The van der Waals surface area contributed by atoms with Crippen LogP contribution in [0.1, 0.15) is 32.6 Å². The summed E-state index contributed by atoms with van der Waals surface area (Å²) in [5.74, 6) is 0.507. The normalized spacial score (nSPS) is 14.0. The molecule has 2 aromatic rings. The van der Waals surface area contributed by atoms with E-state index in [1.165, 1.54) is 9.75 Å². The molecule has 3 N–H and O–H groups in total. The van der Waals surface area contributed by atoms with Gasteiger partial charge in [-0.15, -0.1) is 35.3 Å². The highest BCUT2D eigenvalue weighted by molar-refractivity contribution is 14.0. The molecular formula is C21H28IN5O2S. The molecule has 0 unspecified atom stereocenters. The molecule has 1 aromatic carbocycles. The molecule has 7 nitrogen and oxygen atoms in total. The van der Waals surface area contributed by atoms with Gasteiger partial charge in [0.2, 0.25) is 5.91 Å². The van der Waals surface area contributed by atoms with Crippen molar-refractivity contribution in [3.8, 4) is 0 Å². The monoisotopic (exact) mass is 541 g/mol. The number of carbonyl (C=O) groups is 2. The zero-order chi connectivity index (χ0) is 20.6. The number of benzene rings is 1. The van der Waals surface area contributed by atoms with E-state index in [-0.39, 0.29) is 42.3 Å². The third kappa shape index (κ3) is 6.69. The van der Waals surface area contributed by atoms with Crippen LogP contribution < -0.4 is 16.0 Å². The van der Waals surface area contributed by atoms with E-state index in [0.29, 0.717) is 25.2 Å². The van der Waals surface area contributed by atoms with E-state index in [0.717, 1.165) is 24.5 Å². The molecule has 0 radical (unpaired) electrons. The first kappa shape index (κ1) is 24.1. The summed E-state index contributed by atoms with van der Waals surface area (Å²) in [6, 6.07) is 11.8. The molecule has 1 aliphatic rings. The average molecular weight is 541 g/mol. The van der Waals surface area contributed by atoms with Crippen molar-refractivity contribution in [2.24, 2.45) is 4.99 Å². The van der Waals surface area contributed by atoms with Gasteiger partial charge in [-0.25, -0.2) is 0 Å². The van der Waals surface area contributed by atoms with E-state index in [1.807, 2.05) is 23.5 Å². The number of piperazine rings is 1. The molecule has 1 aromatic heterocycles. The Morgan fingerprint density at radius 2 is 1.83 bits per heavy atom. The highest BCUT2D eigenvalue weighted by Gasteiger charge is 2.22. The van der Waals surface area contributed by atoms with Gasteiger partial charge < -0.3 is 20.9 Å². The van der Waals surface area contributed by atoms with Gasteiger partial charge in [-0.1, -0.05) is 19.1 Å². The molecule has 2 amide bonds. The lowest BCUT2D eigenvalue weighted by Gasteiger charge is -2.26. The van der Waals surface area contributed by atoms with Crippen LogP contribution in [0, 0.1) is 0 Å². The summed E-state index contributed by atoms with van der Waals surface area (Å²) in [5, 5.41) is 9.34. The van der Waals surface area contributed by atoms with Crippen molar-refractivity contribution in [2.75, 3.05) is 26.7 Å². The van der Waals surface area contributed by atoms with E-state index in [4.69, 9.17) is 0 Å². The first-order valence-electron chi connectivity index (χ1n) is 9.76. The smallest absolute Gasteiger partial charge is 0.254 e. The van der Waals surface area contributed by atoms with Crippen molar-refractivity contribution in [2.45, 2.75) is 26.4 Å². The molecule has 1 aliphatic heterocycles. The number of aryl methyl sites for hydroxylation is 1. The van der Waals surface area contributed by atoms with Gasteiger partial charge >= 0.3 is 0 Å². The number of amides is 2. The van der Waals surface area contributed by atoms with E-state index >= 15 is 0 Å². The number of nitrogens with one attached hydrogen (secondary N) is 3. The lowest BCUT2D eigenvalue weighted by Crippen LogP contribution is -2.49. The Balaban J connectivity index is 0.00000320. The van der Waals surface area contributed by atoms with E-state index in [1.54, 1.807) is 24.1 Å². The zero-order valence-corrected chi connectivity index (χ0v) is 20.4. The average Bonchev–Trinajstić information content (AvgIpc) is 3.22. The topological polar surface area (TPSA) is 85.8 Å². The molecule has 0 atom stereocenters. The number of rotatable bonds is 6. The molecule has 1 saturated heterocycles. The van der Waals surface area contributed by atoms with Gasteiger partial charge in [0.05, 0.1) is 13.1 Å². The lowest BCUT2D eigenvalue weighted by atomic mass is 10.1. The number of thiophene rings is 1. The maximum absolute atomic E-state index is 12.5. The summed E-state index contributed by atoms with van der Waals surface area (Å²) in [6.07, 6.45) is 1.06. The molecule has 162 valence electrons. The van der Waals surface area contributed by atoms with Gasteiger partial charge in [-0.2, -0.15) is 0 Å². The Bertz CT molecular complexity index is 882. The number of guanidine groups is 1. The minimum atomic E-state index is -0.113. The first-order valence-corrected chi connectivity index (χ1v) is 10.6. The van der Waals surface area contributed by atoms with Crippen molar-refractivity contribution < 1.29 is 9.59 Å². The maximum Gasteiger partial charge on any atom is 0.254 e. The molecule has 9 heteroatoms. The van der Waals surface area contributed by atoms with Crippen LogP contribution in [0.2, 0.25) is 0 Å². The fourth-order valence-electron chi connectivity index (χ4n) is 3.04. The van der Waals surface area contributed by atoms with Crippen molar-refractivity contribution in [3.63, 3.8) is 0 Å². The van der Waals surface area contributed by atoms with Crippen LogP contribution >= 0.6 is 35.3 Å². The number of nitrogens with zero attached hydrogens (tertiary/aromatic N) is 2. The van der Waals surface area contributed by atoms with Crippen LogP contribution in [-0.4, -0.2) is 49.4 Å². The Morgan fingerprint density at radius 3 is 2.47 bits per heavy atom. The Labute approximate surface area is 198 Å². The van der Waals surface area contributed by atoms with Crippen LogP contribution in [0.25, 0.3) is 0 Å². The summed E-state index contributed by atoms with van der Waals surface area (Å²) in [7, 11) is 1.75. The number of halogens is 1. The van der Waals surface area contributed by atoms with E-state index in [9.17, 15) is 9.59 Å². The van der Waals surface area contributed by atoms with Crippen LogP contribution in [0.15, 0.2) is 41.4 Å². The lowest BCUT2D eigenvalue weighted by molar-refractivity contribution is -0.123. The molecule has 0 spiro atoms. The number of carbonyl (C=O) groups excluding carboxylic acids is 2.